The first-order valence-electron chi connectivity index (χ1n) is 8.05. The quantitative estimate of drug-likeness (QED) is 0.741. The van der Waals surface area contributed by atoms with Crippen LogP contribution in [0.25, 0.3) is 0 Å². The summed E-state index contributed by atoms with van der Waals surface area (Å²) in [6, 6.07) is 13.0. The number of benzene rings is 2. The highest BCUT2D eigenvalue weighted by molar-refractivity contribution is 7.89. The Morgan fingerprint density at radius 1 is 1.08 bits per heavy atom. The van der Waals surface area contributed by atoms with Gasteiger partial charge in [-0.1, -0.05) is 44.2 Å². The standard InChI is InChI=1S/C18H22N2O4S/c1-3-20(4-2)25(23,24)15-10-11-17(21)16(13-15)19-18(22)12-14-8-6-5-7-9-14/h5-11,13,21H,3-4,12H2,1-2H3,(H,19,22). The molecule has 7 heteroatoms. The third kappa shape index (κ3) is 4.58. The molecular formula is C18H22N2O4S. The second-order valence-electron chi connectivity index (χ2n) is 5.48. The molecule has 0 saturated carbocycles. The number of hydrogen-bond donors (Lipinski definition) is 2. The molecule has 2 aromatic rings. The van der Waals surface area contributed by atoms with E-state index in [2.05, 4.69) is 5.32 Å². The van der Waals surface area contributed by atoms with E-state index in [0.29, 0.717) is 13.1 Å². The molecule has 0 fully saturated rings. The molecule has 0 bridgehead atoms. The largest absolute Gasteiger partial charge is 0.506 e. The number of sulfonamides is 1. The van der Waals surface area contributed by atoms with Crippen molar-refractivity contribution in [1.82, 2.24) is 4.31 Å². The number of phenolic OH excluding ortho intramolecular Hbond substituents is 1. The van der Waals surface area contributed by atoms with Crippen molar-refractivity contribution >= 4 is 21.6 Å². The maximum Gasteiger partial charge on any atom is 0.243 e. The third-order valence-electron chi connectivity index (χ3n) is 3.79. The van der Waals surface area contributed by atoms with Gasteiger partial charge < -0.3 is 10.4 Å². The normalized spacial score (nSPS) is 11.5. The predicted octanol–water partition coefficient (Wildman–Crippen LogP) is 2.60. The number of carbonyl (C=O) groups is 1. The molecule has 25 heavy (non-hydrogen) atoms. The van der Waals surface area contributed by atoms with Crippen LogP contribution >= 0.6 is 0 Å². The lowest BCUT2D eigenvalue weighted by atomic mass is 10.1. The average Bonchev–Trinajstić information content (AvgIpc) is 2.58. The molecule has 0 aromatic heterocycles. The van der Waals surface area contributed by atoms with Gasteiger partial charge in [0, 0.05) is 13.1 Å². The summed E-state index contributed by atoms with van der Waals surface area (Å²) in [4.78, 5) is 12.2. The molecule has 0 atom stereocenters. The molecule has 0 aliphatic heterocycles. The Hall–Kier alpha value is -2.38. The molecule has 0 unspecified atom stereocenters. The van der Waals surface area contributed by atoms with Crippen molar-refractivity contribution < 1.29 is 18.3 Å². The molecule has 0 radical (unpaired) electrons. The summed E-state index contributed by atoms with van der Waals surface area (Å²) < 4.78 is 26.4. The van der Waals surface area contributed by atoms with Gasteiger partial charge in [-0.2, -0.15) is 4.31 Å². The van der Waals surface area contributed by atoms with Crippen molar-refractivity contribution in [2.45, 2.75) is 25.2 Å². The monoisotopic (exact) mass is 362 g/mol. The molecule has 2 aromatic carbocycles. The van der Waals surface area contributed by atoms with Gasteiger partial charge in [0.1, 0.15) is 5.75 Å². The molecule has 1 amide bonds. The molecule has 0 spiro atoms. The van der Waals surface area contributed by atoms with E-state index in [1.807, 2.05) is 30.3 Å². The van der Waals surface area contributed by atoms with E-state index in [0.717, 1.165) is 5.56 Å². The summed E-state index contributed by atoms with van der Waals surface area (Å²) in [5, 5.41) is 12.5. The molecule has 0 aliphatic carbocycles. The van der Waals surface area contributed by atoms with Crippen LogP contribution in [-0.4, -0.2) is 36.8 Å². The number of aromatic hydroxyl groups is 1. The fraction of sp³-hybridized carbons (Fsp3) is 0.278. The van der Waals surface area contributed by atoms with Crippen LogP contribution in [0.3, 0.4) is 0 Å². The van der Waals surface area contributed by atoms with E-state index in [1.165, 1.54) is 22.5 Å². The van der Waals surface area contributed by atoms with Gasteiger partial charge in [-0.05, 0) is 23.8 Å². The highest BCUT2D eigenvalue weighted by Gasteiger charge is 2.23. The van der Waals surface area contributed by atoms with Gasteiger partial charge in [-0.25, -0.2) is 8.42 Å². The smallest absolute Gasteiger partial charge is 0.243 e. The molecule has 6 nitrogen and oxygen atoms in total. The molecule has 0 aliphatic rings. The predicted molar refractivity (Wildman–Crippen MR) is 97.0 cm³/mol. The Labute approximate surface area is 148 Å². The Balaban J connectivity index is 2.23. The molecule has 0 saturated heterocycles. The van der Waals surface area contributed by atoms with Gasteiger partial charge in [0.05, 0.1) is 17.0 Å². The Kier molecular flexibility index (Phi) is 6.17. The van der Waals surface area contributed by atoms with E-state index in [1.54, 1.807) is 13.8 Å². The maximum absolute atomic E-state index is 12.6. The first-order chi connectivity index (χ1) is 11.9. The van der Waals surface area contributed by atoms with Crippen LogP contribution in [0.2, 0.25) is 0 Å². The highest BCUT2D eigenvalue weighted by atomic mass is 32.2. The van der Waals surface area contributed by atoms with Gasteiger partial charge >= 0.3 is 0 Å². The van der Waals surface area contributed by atoms with E-state index in [-0.39, 0.29) is 28.7 Å². The summed E-state index contributed by atoms with van der Waals surface area (Å²) in [6.07, 6.45) is 0.132. The van der Waals surface area contributed by atoms with Gasteiger partial charge in [0.2, 0.25) is 15.9 Å². The first kappa shape index (κ1) is 19.0. The zero-order valence-corrected chi connectivity index (χ0v) is 15.1. The number of hydrogen-bond acceptors (Lipinski definition) is 4. The number of rotatable bonds is 7. The van der Waals surface area contributed by atoms with Crippen LogP contribution in [0.1, 0.15) is 19.4 Å². The second kappa shape index (κ2) is 8.13. The van der Waals surface area contributed by atoms with E-state index in [9.17, 15) is 18.3 Å². The Bertz CT molecular complexity index is 831. The Morgan fingerprint density at radius 2 is 1.72 bits per heavy atom. The van der Waals surface area contributed by atoms with E-state index in [4.69, 9.17) is 0 Å². The van der Waals surface area contributed by atoms with Crippen LogP contribution < -0.4 is 5.32 Å². The van der Waals surface area contributed by atoms with Crippen molar-refractivity contribution in [1.29, 1.82) is 0 Å². The van der Waals surface area contributed by atoms with Crippen LogP contribution in [0, 0.1) is 0 Å². The molecule has 2 rings (SSSR count). The minimum Gasteiger partial charge on any atom is -0.506 e. The number of nitrogens with zero attached hydrogens (tertiary/aromatic N) is 1. The fourth-order valence-electron chi connectivity index (χ4n) is 2.46. The number of nitrogens with one attached hydrogen (secondary N) is 1. The number of carbonyl (C=O) groups excluding carboxylic acids is 1. The highest BCUT2D eigenvalue weighted by Crippen LogP contribution is 2.28. The number of phenols is 1. The van der Waals surface area contributed by atoms with Crippen molar-refractivity contribution in [2.24, 2.45) is 0 Å². The average molecular weight is 362 g/mol. The van der Waals surface area contributed by atoms with Crippen LogP contribution in [0.5, 0.6) is 5.75 Å². The maximum atomic E-state index is 12.6. The lowest BCUT2D eigenvalue weighted by Crippen LogP contribution is -2.30. The molecule has 0 heterocycles. The van der Waals surface area contributed by atoms with Gasteiger partial charge in [0.25, 0.3) is 0 Å². The van der Waals surface area contributed by atoms with Crippen LogP contribution in [0.15, 0.2) is 53.4 Å². The van der Waals surface area contributed by atoms with Crippen LogP contribution in [-0.2, 0) is 21.2 Å². The minimum absolute atomic E-state index is 0.0315. The summed E-state index contributed by atoms with van der Waals surface area (Å²) in [6.45, 7) is 4.19. The van der Waals surface area contributed by atoms with Gasteiger partial charge in [-0.3, -0.25) is 4.79 Å². The molecular weight excluding hydrogens is 340 g/mol. The van der Waals surface area contributed by atoms with E-state index < -0.39 is 10.0 Å². The zero-order valence-electron chi connectivity index (χ0n) is 14.3. The lowest BCUT2D eigenvalue weighted by Gasteiger charge is -2.19. The third-order valence-corrected chi connectivity index (χ3v) is 5.84. The molecule has 134 valence electrons. The fourth-order valence-corrected chi connectivity index (χ4v) is 3.95. The first-order valence-corrected chi connectivity index (χ1v) is 9.49. The summed E-state index contributed by atoms with van der Waals surface area (Å²) in [7, 11) is -3.66. The van der Waals surface area contributed by atoms with Crippen molar-refractivity contribution in [3.05, 3.63) is 54.1 Å². The number of amides is 1. The van der Waals surface area contributed by atoms with Gasteiger partial charge in [-0.15, -0.1) is 0 Å². The SMILES string of the molecule is CCN(CC)S(=O)(=O)c1ccc(O)c(NC(=O)Cc2ccccc2)c1. The minimum atomic E-state index is -3.66. The van der Waals surface area contributed by atoms with Crippen molar-refractivity contribution in [3.8, 4) is 5.75 Å². The zero-order chi connectivity index (χ0) is 18.4. The van der Waals surface area contributed by atoms with Crippen LogP contribution in [0.4, 0.5) is 5.69 Å². The summed E-state index contributed by atoms with van der Waals surface area (Å²) in [5.41, 5.74) is 0.903. The second-order valence-corrected chi connectivity index (χ2v) is 7.42. The lowest BCUT2D eigenvalue weighted by molar-refractivity contribution is -0.115. The summed E-state index contributed by atoms with van der Waals surface area (Å²) >= 11 is 0. The molecule has 2 N–H and O–H groups in total. The summed E-state index contributed by atoms with van der Waals surface area (Å²) in [5.74, 6) is -0.515. The van der Waals surface area contributed by atoms with Crippen molar-refractivity contribution in [2.75, 3.05) is 18.4 Å². The number of anilines is 1. The topological polar surface area (TPSA) is 86.7 Å². The Morgan fingerprint density at radius 3 is 2.32 bits per heavy atom. The van der Waals surface area contributed by atoms with Crippen molar-refractivity contribution in [3.63, 3.8) is 0 Å². The van der Waals surface area contributed by atoms with E-state index >= 15 is 0 Å². The van der Waals surface area contributed by atoms with Gasteiger partial charge in [0.15, 0.2) is 0 Å².